The van der Waals surface area contributed by atoms with Crippen LogP contribution in [0.1, 0.15) is 30.2 Å². The van der Waals surface area contributed by atoms with Crippen molar-refractivity contribution in [2.24, 2.45) is 0 Å². The number of nitrogens with zero attached hydrogens (tertiary/aromatic N) is 1. The van der Waals surface area contributed by atoms with Crippen molar-refractivity contribution in [2.45, 2.75) is 25.7 Å². The summed E-state index contributed by atoms with van der Waals surface area (Å²) in [5.41, 5.74) is 0.278. The molecule has 0 radical (unpaired) electrons. The molecule has 0 saturated carbocycles. The fourth-order valence-corrected chi connectivity index (χ4v) is 2.65. The van der Waals surface area contributed by atoms with E-state index in [0.29, 0.717) is 9.13 Å². The van der Waals surface area contributed by atoms with Gasteiger partial charge in [-0.2, -0.15) is 0 Å². The highest BCUT2D eigenvalue weighted by atomic mass is 127. The maximum Gasteiger partial charge on any atom is 0.310 e. The number of aromatic nitrogens is 1. The predicted octanol–water partition coefficient (Wildman–Crippen LogP) is 3.47. The number of pyridine rings is 1. The van der Waals surface area contributed by atoms with Gasteiger partial charge in [0.2, 0.25) is 0 Å². The molecular formula is C11H11ClF2INO2. The lowest BCUT2D eigenvalue weighted by molar-refractivity contribution is -0.142. The number of alkyl halides is 3. The molecule has 0 spiro atoms. The SMILES string of the molecule is CCOC(=O)Cc1c(C(F)F)ncc(I)c1CCl. The zero-order valence-electron chi connectivity index (χ0n) is 9.55. The van der Waals surface area contributed by atoms with E-state index in [9.17, 15) is 13.6 Å². The quantitative estimate of drug-likeness (QED) is 0.440. The van der Waals surface area contributed by atoms with Gasteiger partial charge in [0, 0.05) is 15.6 Å². The van der Waals surface area contributed by atoms with Crippen LogP contribution in [0.3, 0.4) is 0 Å². The fraction of sp³-hybridized carbons (Fsp3) is 0.455. The Morgan fingerprint density at radius 3 is 2.72 bits per heavy atom. The topological polar surface area (TPSA) is 39.2 Å². The molecule has 1 aromatic heterocycles. The monoisotopic (exact) mass is 389 g/mol. The second-order valence-corrected chi connectivity index (χ2v) is 4.79. The third-order valence-electron chi connectivity index (χ3n) is 2.25. The van der Waals surface area contributed by atoms with Crippen molar-refractivity contribution in [1.29, 1.82) is 0 Å². The van der Waals surface area contributed by atoms with Crippen LogP contribution in [-0.2, 0) is 21.8 Å². The minimum Gasteiger partial charge on any atom is -0.466 e. The molecule has 0 atom stereocenters. The number of carbonyl (C=O) groups excluding carboxylic acids is 1. The zero-order chi connectivity index (χ0) is 13.7. The van der Waals surface area contributed by atoms with Crippen LogP contribution in [0.25, 0.3) is 0 Å². The van der Waals surface area contributed by atoms with Gasteiger partial charge in [0.05, 0.1) is 13.0 Å². The van der Waals surface area contributed by atoms with Crippen LogP contribution in [0.4, 0.5) is 8.78 Å². The maximum atomic E-state index is 12.9. The van der Waals surface area contributed by atoms with Gasteiger partial charge in [0.25, 0.3) is 6.43 Å². The number of hydrogen-bond donors (Lipinski definition) is 0. The molecule has 1 rings (SSSR count). The first-order valence-corrected chi connectivity index (χ1v) is 6.78. The Morgan fingerprint density at radius 2 is 2.22 bits per heavy atom. The van der Waals surface area contributed by atoms with Crippen molar-refractivity contribution in [3.05, 3.63) is 26.6 Å². The van der Waals surface area contributed by atoms with Gasteiger partial charge in [-0.3, -0.25) is 9.78 Å². The molecule has 0 aliphatic heterocycles. The molecule has 0 aliphatic rings. The van der Waals surface area contributed by atoms with Gasteiger partial charge >= 0.3 is 5.97 Å². The van der Waals surface area contributed by atoms with Crippen molar-refractivity contribution in [1.82, 2.24) is 4.98 Å². The average molecular weight is 390 g/mol. The van der Waals surface area contributed by atoms with Gasteiger partial charge in [-0.15, -0.1) is 11.6 Å². The van der Waals surface area contributed by atoms with E-state index in [1.54, 1.807) is 6.92 Å². The summed E-state index contributed by atoms with van der Waals surface area (Å²) in [6, 6.07) is 0. The van der Waals surface area contributed by atoms with Crippen LogP contribution >= 0.6 is 34.2 Å². The first kappa shape index (κ1) is 15.6. The molecule has 0 N–H and O–H groups in total. The second kappa shape index (κ2) is 7.18. The van der Waals surface area contributed by atoms with E-state index in [1.165, 1.54) is 6.20 Å². The van der Waals surface area contributed by atoms with Gasteiger partial charge in [-0.05, 0) is 40.6 Å². The van der Waals surface area contributed by atoms with Crippen LogP contribution in [0.5, 0.6) is 0 Å². The van der Waals surface area contributed by atoms with Gasteiger partial charge in [0.15, 0.2) is 0 Å². The summed E-state index contributed by atoms with van der Waals surface area (Å²) in [4.78, 5) is 15.1. The molecule has 0 unspecified atom stereocenters. The molecule has 3 nitrogen and oxygen atoms in total. The zero-order valence-corrected chi connectivity index (χ0v) is 12.5. The number of rotatable bonds is 5. The first-order chi connectivity index (χ1) is 8.51. The highest BCUT2D eigenvalue weighted by Crippen LogP contribution is 2.28. The third kappa shape index (κ3) is 3.74. The van der Waals surface area contributed by atoms with E-state index in [-0.39, 0.29) is 24.5 Å². The van der Waals surface area contributed by atoms with Crippen LogP contribution in [0.15, 0.2) is 6.20 Å². The molecule has 1 aromatic rings. The third-order valence-corrected chi connectivity index (χ3v) is 3.44. The number of hydrogen-bond acceptors (Lipinski definition) is 3. The Balaban J connectivity index is 3.19. The van der Waals surface area contributed by atoms with E-state index >= 15 is 0 Å². The first-order valence-electron chi connectivity index (χ1n) is 5.17. The summed E-state index contributed by atoms with van der Waals surface area (Å²) >= 11 is 7.70. The van der Waals surface area contributed by atoms with E-state index in [2.05, 4.69) is 4.98 Å². The summed E-state index contributed by atoms with van der Waals surface area (Å²) in [7, 11) is 0. The van der Waals surface area contributed by atoms with Crippen molar-refractivity contribution in [2.75, 3.05) is 6.61 Å². The lowest BCUT2D eigenvalue weighted by Gasteiger charge is -2.13. The summed E-state index contributed by atoms with van der Waals surface area (Å²) in [6.45, 7) is 1.86. The van der Waals surface area contributed by atoms with Crippen molar-refractivity contribution in [3.8, 4) is 0 Å². The Labute approximate surface area is 122 Å². The molecule has 18 heavy (non-hydrogen) atoms. The largest absolute Gasteiger partial charge is 0.466 e. The van der Waals surface area contributed by atoms with E-state index in [0.717, 1.165) is 0 Å². The van der Waals surface area contributed by atoms with Crippen molar-refractivity contribution >= 4 is 40.2 Å². The Hall–Kier alpha value is -0.500. The highest BCUT2D eigenvalue weighted by Gasteiger charge is 2.22. The fourth-order valence-electron chi connectivity index (χ4n) is 1.47. The maximum absolute atomic E-state index is 12.9. The van der Waals surface area contributed by atoms with Gasteiger partial charge < -0.3 is 4.74 Å². The molecule has 0 aromatic carbocycles. The molecule has 0 saturated heterocycles. The molecule has 7 heteroatoms. The molecule has 1 heterocycles. The van der Waals surface area contributed by atoms with Gasteiger partial charge in [0.1, 0.15) is 5.69 Å². The van der Waals surface area contributed by atoms with Crippen molar-refractivity contribution < 1.29 is 18.3 Å². The minimum atomic E-state index is -2.74. The summed E-state index contributed by atoms with van der Waals surface area (Å²) in [6.07, 6.45) is -1.65. The van der Waals surface area contributed by atoms with Crippen LogP contribution in [0, 0.1) is 3.57 Å². The number of halogens is 4. The Morgan fingerprint density at radius 1 is 1.56 bits per heavy atom. The molecule has 100 valence electrons. The summed E-state index contributed by atoms with van der Waals surface area (Å²) < 4.78 is 31.1. The standard InChI is InChI=1S/C11H11ClF2INO2/c1-2-18-9(17)3-6-7(4-12)8(15)5-16-10(6)11(13)14/h5,11H,2-4H2,1H3. The molecule has 0 fully saturated rings. The smallest absolute Gasteiger partial charge is 0.310 e. The number of ether oxygens (including phenoxy) is 1. The summed E-state index contributed by atoms with van der Waals surface area (Å²) in [5.74, 6) is -0.510. The highest BCUT2D eigenvalue weighted by molar-refractivity contribution is 14.1. The Kier molecular flexibility index (Phi) is 6.20. The van der Waals surface area contributed by atoms with Gasteiger partial charge in [-0.25, -0.2) is 8.78 Å². The van der Waals surface area contributed by atoms with E-state index in [1.807, 2.05) is 22.6 Å². The normalized spacial score (nSPS) is 10.8. The molecule has 0 bridgehead atoms. The number of esters is 1. The minimum absolute atomic E-state index is 0.0508. The summed E-state index contributed by atoms with van der Waals surface area (Å²) in [5, 5.41) is 0. The Bertz CT molecular complexity index is 443. The van der Waals surface area contributed by atoms with E-state index < -0.39 is 18.1 Å². The van der Waals surface area contributed by atoms with E-state index in [4.69, 9.17) is 16.3 Å². The van der Waals surface area contributed by atoms with Crippen molar-refractivity contribution in [3.63, 3.8) is 0 Å². The van der Waals surface area contributed by atoms with Gasteiger partial charge in [-0.1, -0.05) is 0 Å². The molecular weight excluding hydrogens is 378 g/mol. The lowest BCUT2D eigenvalue weighted by Crippen LogP contribution is -2.13. The lowest BCUT2D eigenvalue weighted by atomic mass is 10.0. The van der Waals surface area contributed by atoms with Crippen LogP contribution in [-0.4, -0.2) is 17.6 Å². The number of carbonyl (C=O) groups is 1. The molecule has 0 amide bonds. The average Bonchev–Trinajstić information content (AvgIpc) is 2.29. The van der Waals surface area contributed by atoms with Crippen LogP contribution in [0.2, 0.25) is 0 Å². The predicted molar refractivity (Wildman–Crippen MR) is 71.8 cm³/mol. The van der Waals surface area contributed by atoms with Crippen LogP contribution < -0.4 is 0 Å². The second-order valence-electron chi connectivity index (χ2n) is 3.36. The molecule has 0 aliphatic carbocycles.